The number of carboxylic acid groups (broad SMARTS) is 1. The largest absolute Gasteiger partial charge is 0.478 e. The lowest BCUT2D eigenvalue weighted by molar-refractivity contribution is 0.0696. The van der Waals surface area contributed by atoms with Gasteiger partial charge in [0.25, 0.3) is 5.91 Å². The van der Waals surface area contributed by atoms with E-state index in [1.165, 1.54) is 12.1 Å². The van der Waals surface area contributed by atoms with Gasteiger partial charge in [-0.2, -0.15) is 0 Å². The Balaban J connectivity index is 2.17. The maximum absolute atomic E-state index is 12.3. The lowest BCUT2D eigenvalue weighted by atomic mass is 10.1. The number of rotatable bonds is 6. The molecule has 0 spiro atoms. The van der Waals surface area contributed by atoms with Gasteiger partial charge in [0.15, 0.2) is 0 Å². The fourth-order valence-electron chi connectivity index (χ4n) is 2.45. The van der Waals surface area contributed by atoms with Crippen LogP contribution in [-0.2, 0) is 19.4 Å². The van der Waals surface area contributed by atoms with Crippen LogP contribution in [0.15, 0.2) is 22.7 Å². The molecule has 0 atom stereocenters. The van der Waals surface area contributed by atoms with Gasteiger partial charge in [0.1, 0.15) is 5.76 Å². The lowest BCUT2D eigenvalue weighted by Crippen LogP contribution is -2.24. The predicted octanol–water partition coefficient (Wildman–Crippen LogP) is 2.74. The first-order chi connectivity index (χ1) is 11.0. The summed E-state index contributed by atoms with van der Waals surface area (Å²) >= 11 is 0. The second kappa shape index (κ2) is 7.09. The van der Waals surface area contributed by atoms with Crippen LogP contribution in [0.2, 0.25) is 0 Å². The van der Waals surface area contributed by atoms with Gasteiger partial charge >= 0.3 is 5.97 Å². The molecule has 23 heavy (non-hydrogen) atoms. The van der Waals surface area contributed by atoms with E-state index in [1.807, 2.05) is 13.8 Å². The van der Waals surface area contributed by atoms with Gasteiger partial charge in [-0.15, -0.1) is 0 Å². The molecule has 0 saturated heterocycles. The van der Waals surface area contributed by atoms with Crippen molar-refractivity contribution in [2.45, 2.75) is 40.2 Å². The highest BCUT2D eigenvalue weighted by Crippen LogP contribution is 2.16. The van der Waals surface area contributed by atoms with Gasteiger partial charge in [-0.05, 0) is 37.1 Å². The molecule has 1 aromatic carbocycles. The third-order valence-corrected chi connectivity index (χ3v) is 3.62. The summed E-state index contributed by atoms with van der Waals surface area (Å²) in [5.41, 5.74) is 2.88. The predicted molar refractivity (Wildman–Crippen MR) is 84.6 cm³/mol. The molecule has 1 heterocycles. The number of aryl methyl sites for hydroxylation is 3. The summed E-state index contributed by atoms with van der Waals surface area (Å²) < 4.78 is 5.26. The normalized spacial score (nSPS) is 10.6. The molecule has 0 aliphatic carbocycles. The Labute approximate surface area is 134 Å². The minimum absolute atomic E-state index is 0.101. The van der Waals surface area contributed by atoms with E-state index in [4.69, 9.17) is 9.63 Å². The SMILES string of the molecule is CCc1noc(CC)c1CNC(=O)c1cc(C)cc(C(=O)O)c1. The number of amides is 1. The number of carbonyl (C=O) groups excluding carboxylic acids is 1. The first kappa shape index (κ1) is 16.7. The first-order valence-corrected chi connectivity index (χ1v) is 7.55. The van der Waals surface area contributed by atoms with Gasteiger partial charge in [0, 0.05) is 24.1 Å². The maximum atomic E-state index is 12.3. The van der Waals surface area contributed by atoms with Crippen LogP contribution in [0, 0.1) is 6.92 Å². The quantitative estimate of drug-likeness (QED) is 0.855. The zero-order valence-corrected chi connectivity index (χ0v) is 13.5. The molecule has 2 rings (SSSR count). The van der Waals surface area contributed by atoms with E-state index in [2.05, 4.69) is 10.5 Å². The van der Waals surface area contributed by atoms with E-state index >= 15 is 0 Å². The molecular weight excluding hydrogens is 296 g/mol. The van der Waals surface area contributed by atoms with Crippen LogP contribution >= 0.6 is 0 Å². The first-order valence-electron chi connectivity index (χ1n) is 7.55. The molecule has 0 fully saturated rings. The molecule has 0 radical (unpaired) electrons. The minimum Gasteiger partial charge on any atom is -0.478 e. The molecular formula is C17H20N2O4. The van der Waals surface area contributed by atoms with Crippen molar-refractivity contribution in [1.82, 2.24) is 10.5 Å². The van der Waals surface area contributed by atoms with Gasteiger partial charge in [-0.1, -0.05) is 19.0 Å². The number of nitrogens with zero attached hydrogens (tertiary/aromatic N) is 1. The van der Waals surface area contributed by atoms with E-state index in [9.17, 15) is 9.59 Å². The summed E-state index contributed by atoms with van der Waals surface area (Å²) in [4.78, 5) is 23.4. The fraction of sp³-hybridized carbons (Fsp3) is 0.353. The Morgan fingerprint density at radius 1 is 1.17 bits per heavy atom. The summed E-state index contributed by atoms with van der Waals surface area (Å²) in [6, 6.07) is 4.57. The zero-order chi connectivity index (χ0) is 17.0. The van der Waals surface area contributed by atoms with Crippen LogP contribution in [0.1, 0.15) is 57.1 Å². The lowest BCUT2D eigenvalue weighted by Gasteiger charge is -2.08. The average Bonchev–Trinajstić information content (AvgIpc) is 2.93. The second-order valence-corrected chi connectivity index (χ2v) is 5.31. The summed E-state index contributed by atoms with van der Waals surface area (Å²) in [7, 11) is 0. The standard InChI is InChI=1S/C17H20N2O4/c1-4-14-13(15(5-2)23-19-14)9-18-16(20)11-6-10(3)7-12(8-11)17(21)22/h6-8H,4-5,9H2,1-3H3,(H,18,20)(H,21,22). The maximum Gasteiger partial charge on any atom is 0.335 e. The third-order valence-electron chi connectivity index (χ3n) is 3.62. The smallest absolute Gasteiger partial charge is 0.335 e. The van der Waals surface area contributed by atoms with Gasteiger partial charge in [-0.3, -0.25) is 4.79 Å². The van der Waals surface area contributed by atoms with Crippen molar-refractivity contribution >= 4 is 11.9 Å². The number of hydrogen-bond donors (Lipinski definition) is 2. The summed E-state index contributed by atoms with van der Waals surface area (Å²) in [5, 5.41) is 15.9. The van der Waals surface area contributed by atoms with Crippen LogP contribution in [-0.4, -0.2) is 22.1 Å². The fourth-order valence-corrected chi connectivity index (χ4v) is 2.45. The molecule has 122 valence electrons. The topological polar surface area (TPSA) is 92.4 Å². The molecule has 6 nitrogen and oxygen atoms in total. The van der Waals surface area contributed by atoms with Crippen LogP contribution in [0.3, 0.4) is 0 Å². The van der Waals surface area contributed by atoms with Crippen molar-refractivity contribution in [1.29, 1.82) is 0 Å². The summed E-state index contributed by atoms with van der Waals surface area (Å²) in [6.07, 6.45) is 1.42. The highest BCUT2D eigenvalue weighted by Gasteiger charge is 2.16. The van der Waals surface area contributed by atoms with Gasteiger partial charge < -0.3 is 14.9 Å². The van der Waals surface area contributed by atoms with Crippen molar-refractivity contribution in [3.63, 3.8) is 0 Å². The number of carboxylic acids is 1. The van der Waals surface area contributed by atoms with Crippen LogP contribution in [0.4, 0.5) is 0 Å². The van der Waals surface area contributed by atoms with Gasteiger partial charge in [-0.25, -0.2) is 4.79 Å². The molecule has 1 amide bonds. The molecule has 0 aliphatic heterocycles. The third kappa shape index (κ3) is 3.77. The Morgan fingerprint density at radius 3 is 2.48 bits per heavy atom. The van der Waals surface area contributed by atoms with E-state index in [1.54, 1.807) is 13.0 Å². The summed E-state index contributed by atoms with van der Waals surface area (Å²) in [5.74, 6) is -0.609. The van der Waals surface area contributed by atoms with Gasteiger partial charge in [0.05, 0.1) is 11.3 Å². The molecule has 6 heteroatoms. The monoisotopic (exact) mass is 316 g/mol. The van der Waals surface area contributed by atoms with E-state index in [-0.39, 0.29) is 11.5 Å². The Morgan fingerprint density at radius 2 is 1.87 bits per heavy atom. The highest BCUT2D eigenvalue weighted by molar-refractivity contribution is 5.97. The number of hydrogen-bond acceptors (Lipinski definition) is 4. The van der Waals surface area contributed by atoms with Crippen LogP contribution in [0.5, 0.6) is 0 Å². The average molecular weight is 316 g/mol. The second-order valence-electron chi connectivity index (χ2n) is 5.31. The van der Waals surface area contributed by atoms with Gasteiger partial charge in [0.2, 0.25) is 0 Å². The van der Waals surface area contributed by atoms with E-state index in [0.29, 0.717) is 18.5 Å². The van der Waals surface area contributed by atoms with Crippen molar-refractivity contribution in [3.05, 3.63) is 51.9 Å². The number of nitrogens with one attached hydrogen (secondary N) is 1. The number of carbonyl (C=O) groups is 2. The molecule has 2 aromatic rings. The van der Waals surface area contributed by atoms with Crippen LogP contribution < -0.4 is 5.32 Å². The van der Waals surface area contributed by atoms with Crippen molar-refractivity contribution in [2.24, 2.45) is 0 Å². The van der Waals surface area contributed by atoms with Crippen molar-refractivity contribution in [3.8, 4) is 0 Å². The molecule has 2 N–H and O–H groups in total. The molecule has 0 aliphatic rings. The van der Waals surface area contributed by atoms with Crippen LogP contribution in [0.25, 0.3) is 0 Å². The molecule has 0 bridgehead atoms. The number of aromatic carboxylic acids is 1. The Bertz CT molecular complexity index is 713. The Kier molecular flexibility index (Phi) is 5.16. The molecule has 0 saturated carbocycles. The summed E-state index contributed by atoms with van der Waals surface area (Å²) in [6.45, 7) is 6.01. The molecule has 0 unspecified atom stereocenters. The van der Waals surface area contributed by atoms with Crippen molar-refractivity contribution < 1.29 is 19.2 Å². The Hall–Kier alpha value is -2.63. The van der Waals surface area contributed by atoms with Crippen molar-refractivity contribution in [2.75, 3.05) is 0 Å². The number of aromatic nitrogens is 1. The highest BCUT2D eigenvalue weighted by atomic mass is 16.5. The minimum atomic E-state index is -1.05. The zero-order valence-electron chi connectivity index (χ0n) is 13.5. The number of benzene rings is 1. The van der Waals surface area contributed by atoms with E-state index in [0.717, 1.165) is 29.0 Å². The van der Waals surface area contributed by atoms with E-state index < -0.39 is 5.97 Å². The molecule has 1 aromatic heterocycles.